The van der Waals surface area contributed by atoms with Gasteiger partial charge in [-0.1, -0.05) is 0 Å². The van der Waals surface area contributed by atoms with Crippen LogP contribution in [0.25, 0.3) is 0 Å². The highest BCUT2D eigenvalue weighted by Crippen LogP contribution is 2.07. The summed E-state index contributed by atoms with van der Waals surface area (Å²) in [6.45, 7) is 1.85. The smallest absolute Gasteiger partial charge is 0.224 e. The van der Waals surface area contributed by atoms with Crippen molar-refractivity contribution in [3.8, 4) is 0 Å². The Bertz CT molecular complexity index is 309. The number of carbonyl (C=O) groups excluding carboxylic acids is 1. The van der Waals surface area contributed by atoms with Gasteiger partial charge in [0.15, 0.2) is 6.29 Å². The van der Waals surface area contributed by atoms with Crippen LogP contribution in [0, 0.1) is 0 Å². The van der Waals surface area contributed by atoms with E-state index in [1.807, 2.05) is 23.8 Å². The zero-order chi connectivity index (χ0) is 12.0. The third-order valence-electron chi connectivity index (χ3n) is 2.21. The molecule has 1 heterocycles. The molecule has 0 aliphatic heterocycles. The minimum atomic E-state index is -0.411. The monoisotopic (exact) mass is 243 g/mol. The highest BCUT2D eigenvalue weighted by Gasteiger charge is 2.17. The van der Waals surface area contributed by atoms with Gasteiger partial charge in [0.2, 0.25) is 5.91 Å². The minimum Gasteiger partial charge on any atom is -0.354 e. The summed E-state index contributed by atoms with van der Waals surface area (Å²) in [6.07, 6.45) is -0.0139. The van der Waals surface area contributed by atoms with Gasteiger partial charge in [0, 0.05) is 14.2 Å². The van der Waals surface area contributed by atoms with E-state index in [1.165, 1.54) is 0 Å². The van der Waals surface area contributed by atoms with E-state index < -0.39 is 6.29 Å². The van der Waals surface area contributed by atoms with Gasteiger partial charge in [0.25, 0.3) is 0 Å². The molecule has 1 aromatic heterocycles. The van der Waals surface area contributed by atoms with Crippen LogP contribution in [0.2, 0.25) is 0 Å². The van der Waals surface area contributed by atoms with E-state index in [-0.39, 0.29) is 11.9 Å². The lowest BCUT2D eigenvalue weighted by atomic mass is 10.2. The van der Waals surface area contributed by atoms with E-state index >= 15 is 0 Å². The Labute approximate surface area is 99.6 Å². The number of methoxy groups -OCH3 is 2. The largest absolute Gasteiger partial charge is 0.354 e. The number of rotatable bonds is 6. The fourth-order valence-electron chi connectivity index (χ4n) is 1.46. The molecule has 16 heavy (non-hydrogen) atoms. The van der Waals surface area contributed by atoms with Gasteiger partial charge in [-0.15, -0.1) is 0 Å². The second-order valence-electron chi connectivity index (χ2n) is 3.50. The molecule has 0 saturated heterocycles. The molecule has 0 aliphatic carbocycles. The van der Waals surface area contributed by atoms with Gasteiger partial charge < -0.3 is 14.8 Å². The number of amides is 1. The number of hydrogen-bond donors (Lipinski definition) is 1. The van der Waals surface area contributed by atoms with Crippen molar-refractivity contribution in [3.63, 3.8) is 0 Å². The molecule has 1 unspecified atom stereocenters. The standard InChI is InChI=1S/C11H17NO3S/c1-8(11(14-2)15-3)12-10(13)6-9-4-5-16-7-9/h4-5,7-8,11H,6H2,1-3H3,(H,12,13). The second kappa shape index (κ2) is 6.62. The molecule has 1 rings (SSSR count). The van der Waals surface area contributed by atoms with Crippen LogP contribution in [0.1, 0.15) is 12.5 Å². The first-order valence-electron chi connectivity index (χ1n) is 5.03. The summed E-state index contributed by atoms with van der Waals surface area (Å²) in [4.78, 5) is 11.6. The van der Waals surface area contributed by atoms with Crippen molar-refractivity contribution in [2.45, 2.75) is 25.7 Å². The summed E-state index contributed by atoms with van der Waals surface area (Å²) >= 11 is 1.59. The maximum atomic E-state index is 11.6. The van der Waals surface area contributed by atoms with E-state index in [0.29, 0.717) is 6.42 Å². The molecule has 0 bridgehead atoms. The van der Waals surface area contributed by atoms with E-state index in [0.717, 1.165) is 5.56 Å². The molecule has 90 valence electrons. The Balaban J connectivity index is 2.39. The van der Waals surface area contributed by atoms with Gasteiger partial charge in [0.1, 0.15) is 0 Å². The van der Waals surface area contributed by atoms with E-state index in [9.17, 15) is 4.79 Å². The van der Waals surface area contributed by atoms with Crippen LogP contribution in [0.3, 0.4) is 0 Å². The van der Waals surface area contributed by atoms with Gasteiger partial charge in [-0.25, -0.2) is 0 Å². The van der Waals surface area contributed by atoms with Crippen molar-refractivity contribution in [2.24, 2.45) is 0 Å². The number of nitrogens with one attached hydrogen (secondary N) is 1. The summed E-state index contributed by atoms with van der Waals surface area (Å²) < 4.78 is 10.1. The third-order valence-corrected chi connectivity index (χ3v) is 2.94. The average Bonchev–Trinajstić information content (AvgIpc) is 2.71. The molecule has 1 N–H and O–H groups in total. The van der Waals surface area contributed by atoms with Crippen LogP contribution >= 0.6 is 11.3 Å². The molecular formula is C11H17NO3S. The minimum absolute atomic E-state index is 0.0231. The molecule has 1 atom stereocenters. The molecule has 0 radical (unpaired) electrons. The van der Waals surface area contributed by atoms with Crippen molar-refractivity contribution in [1.29, 1.82) is 0 Å². The summed E-state index contributed by atoms with van der Waals surface area (Å²) in [6, 6.07) is 1.78. The van der Waals surface area contributed by atoms with Crippen molar-refractivity contribution >= 4 is 17.2 Å². The van der Waals surface area contributed by atoms with E-state index in [4.69, 9.17) is 9.47 Å². The Kier molecular flexibility index (Phi) is 5.45. The van der Waals surface area contributed by atoms with Gasteiger partial charge >= 0.3 is 0 Å². The first-order chi connectivity index (χ1) is 7.67. The molecule has 1 amide bonds. The molecule has 0 aromatic carbocycles. The van der Waals surface area contributed by atoms with E-state index in [2.05, 4.69) is 5.32 Å². The van der Waals surface area contributed by atoms with Crippen molar-refractivity contribution < 1.29 is 14.3 Å². The normalized spacial score (nSPS) is 12.8. The number of carbonyl (C=O) groups is 1. The van der Waals surface area contributed by atoms with Gasteiger partial charge in [-0.3, -0.25) is 4.79 Å². The van der Waals surface area contributed by atoms with Gasteiger partial charge in [-0.05, 0) is 29.3 Å². The fourth-order valence-corrected chi connectivity index (χ4v) is 2.12. The fraction of sp³-hybridized carbons (Fsp3) is 0.545. The Morgan fingerprint density at radius 3 is 2.69 bits per heavy atom. The first kappa shape index (κ1) is 13.2. The maximum absolute atomic E-state index is 11.6. The quantitative estimate of drug-likeness (QED) is 0.769. The summed E-state index contributed by atoms with van der Waals surface area (Å²) in [5.41, 5.74) is 1.03. The van der Waals surface area contributed by atoms with Crippen LogP contribution in [0.15, 0.2) is 16.8 Å². The van der Waals surface area contributed by atoms with Crippen LogP contribution in [-0.4, -0.2) is 32.5 Å². The van der Waals surface area contributed by atoms with Crippen molar-refractivity contribution in [3.05, 3.63) is 22.4 Å². The second-order valence-corrected chi connectivity index (χ2v) is 4.28. The van der Waals surface area contributed by atoms with Gasteiger partial charge in [-0.2, -0.15) is 11.3 Å². The van der Waals surface area contributed by atoms with Crippen LogP contribution in [-0.2, 0) is 20.7 Å². The van der Waals surface area contributed by atoms with Crippen molar-refractivity contribution in [1.82, 2.24) is 5.32 Å². The Morgan fingerprint density at radius 1 is 1.50 bits per heavy atom. The highest BCUT2D eigenvalue weighted by atomic mass is 32.1. The number of thiophene rings is 1. The number of ether oxygens (including phenoxy) is 2. The zero-order valence-corrected chi connectivity index (χ0v) is 10.5. The SMILES string of the molecule is COC(OC)C(C)NC(=O)Cc1ccsc1. The molecule has 0 aliphatic rings. The molecule has 0 fully saturated rings. The first-order valence-corrected chi connectivity index (χ1v) is 5.97. The maximum Gasteiger partial charge on any atom is 0.224 e. The molecule has 0 spiro atoms. The lowest BCUT2D eigenvalue weighted by Crippen LogP contribution is -2.43. The summed E-state index contributed by atoms with van der Waals surface area (Å²) in [5.74, 6) is -0.0231. The topological polar surface area (TPSA) is 47.6 Å². The van der Waals surface area contributed by atoms with Crippen LogP contribution < -0.4 is 5.32 Å². The molecule has 1 aromatic rings. The lowest BCUT2D eigenvalue weighted by molar-refractivity contribution is -0.135. The molecule has 5 heteroatoms. The lowest BCUT2D eigenvalue weighted by Gasteiger charge is -2.21. The van der Waals surface area contributed by atoms with Crippen LogP contribution in [0.5, 0.6) is 0 Å². The molecule has 4 nitrogen and oxygen atoms in total. The van der Waals surface area contributed by atoms with Crippen LogP contribution in [0.4, 0.5) is 0 Å². The predicted octanol–water partition coefficient (Wildman–Crippen LogP) is 1.41. The van der Waals surface area contributed by atoms with E-state index in [1.54, 1.807) is 25.6 Å². The predicted molar refractivity (Wildman–Crippen MR) is 63.4 cm³/mol. The highest BCUT2D eigenvalue weighted by molar-refractivity contribution is 7.07. The summed E-state index contributed by atoms with van der Waals surface area (Å²) in [7, 11) is 3.10. The Morgan fingerprint density at radius 2 is 2.19 bits per heavy atom. The average molecular weight is 243 g/mol. The molecule has 0 saturated carbocycles. The third kappa shape index (κ3) is 3.92. The summed E-state index contributed by atoms with van der Waals surface area (Å²) in [5, 5.41) is 6.76. The zero-order valence-electron chi connectivity index (χ0n) is 9.73. The Hall–Kier alpha value is -0.910. The number of hydrogen-bond acceptors (Lipinski definition) is 4. The van der Waals surface area contributed by atoms with Crippen molar-refractivity contribution in [2.75, 3.05) is 14.2 Å². The van der Waals surface area contributed by atoms with Gasteiger partial charge in [0.05, 0.1) is 12.5 Å². The molecular weight excluding hydrogens is 226 g/mol.